The van der Waals surface area contributed by atoms with Gasteiger partial charge in [0.2, 0.25) is 0 Å². The van der Waals surface area contributed by atoms with Crippen LogP contribution in [0.15, 0.2) is 12.5 Å². The summed E-state index contributed by atoms with van der Waals surface area (Å²) in [7, 11) is 0. The average Bonchev–Trinajstić information content (AvgIpc) is 2.67. The summed E-state index contributed by atoms with van der Waals surface area (Å²) in [4.78, 5) is 4.15. The second kappa shape index (κ2) is 7.43. The summed E-state index contributed by atoms with van der Waals surface area (Å²) >= 11 is 0. The normalized spacial score (nSPS) is 10.8. The monoisotopic (exact) mass is 211 g/mol. The first-order chi connectivity index (χ1) is 7.38. The van der Waals surface area contributed by atoms with E-state index in [2.05, 4.69) is 21.8 Å². The molecule has 15 heavy (non-hydrogen) atoms. The lowest BCUT2D eigenvalue weighted by Gasteiger charge is -2.08. The average molecular weight is 211 g/mol. The highest BCUT2D eigenvalue weighted by Crippen LogP contribution is 1.99. The van der Waals surface area contributed by atoms with Crippen LogP contribution in [0.5, 0.6) is 0 Å². The zero-order valence-corrected chi connectivity index (χ0v) is 9.70. The van der Waals surface area contributed by atoms with Crippen LogP contribution in [0.3, 0.4) is 0 Å². The Bertz CT molecular complexity index is 236. The van der Waals surface area contributed by atoms with Crippen molar-refractivity contribution in [3.05, 3.63) is 18.2 Å². The molecule has 1 N–H and O–H groups in total. The van der Waals surface area contributed by atoms with Crippen LogP contribution in [-0.2, 0) is 17.8 Å². The lowest BCUT2D eigenvalue weighted by atomic mass is 10.4. The van der Waals surface area contributed by atoms with Crippen LogP contribution in [0, 0.1) is 0 Å². The molecule has 1 rings (SSSR count). The van der Waals surface area contributed by atoms with Gasteiger partial charge in [-0.2, -0.15) is 0 Å². The molecule has 0 spiro atoms. The van der Waals surface area contributed by atoms with Crippen molar-refractivity contribution in [2.24, 2.45) is 0 Å². The molecule has 86 valence electrons. The van der Waals surface area contributed by atoms with Gasteiger partial charge in [0.25, 0.3) is 0 Å². The molecule has 0 saturated carbocycles. The summed E-state index contributed by atoms with van der Waals surface area (Å²) in [5.41, 5.74) is 1.23. The zero-order chi connectivity index (χ0) is 10.9. The zero-order valence-electron chi connectivity index (χ0n) is 9.70. The molecule has 1 heterocycles. The molecule has 0 fully saturated rings. The Morgan fingerprint density at radius 3 is 3.07 bits per heavy atom. The van der Waals surface area contributed by atoms with E-state index in [9.17, 15) is 0 Å². The molecule has 0 aliphatic carbocycles. The third-order valence-corrected chi connectivity index (χ3v) is 2.21. The van der Waals surface area contributed by atoms with Gasteiger partial charge in [-0.3, -0.25) is 0 Å². The molecule has 0 bridgehead atoms. The van der Waals surface area contributed by atoms with E-state index in [1.54, 1.807) is 0 Å². The van der Waals surface area contributed by atoms with Crippen LogP contribution in [0.2, 0.25) is 0 Å². The number of aromatic nitrogens is 2. The summed E-state index contributed by atoms with van der Waals surface area (Å²) in [5, 5.41) is 3.37. The van der Waals surface area contributed by atoms with Crippen molar-refractivity contribution in [1.29, 1.82) is 0 Å². The summed E-state index contributed by atoms with van der Waals surface area (Å²) in [5.74, 6) is 0. The highest BCUT2D eigenvalue weighted by atomic mass is 16.5. The van der Waals surface area contributed by atoms with Crippen LogP contribution >= 0.6 is 0 Å². The number of nitrogens with zero attached hydrogens (tertiary/aromatic N) is 2. The van der Waals surface area contributed by atoms with Crippen LogP contribution < -0.4 is 5.32 Å². The predicted molar refractivity (Wildman–Crippen MR) is 60.7 cm³/mol. The topological polar surface area (TPSA) is 39.1 Å². The highest BCUT2D eigenvalue weighted by molar-refractivity contribution is 4.97. The van der Waals surface area contributed by atoms with Crippen LogP contribution in [0.25, 0.3) is 0 Å². The maximum Gasteiger partial charge on any atom is 0.0949 e. The van der Waals surface area contributed by atoms with Gasteiger partial charge in [-0.25, -0.2) is 4.98 Å². The minimum Gasteiger partial charge on any atom is -0.380 e. The smallest absolute Gasteiger partial charge is 0.0949 e. The largest absolute Gasteiger partial charge is 0.380 e. The molecule has 0 unspecified atom stereocenters. The quantitative estimate of drug-likeness (QED) is 0.661. The summed E-state index contributed by atoms with van der Waals surface area (Å²) in [6, 6.07) is 0. The van der Waals surface area contributed by atoms with Gasteiger partial charge in [-0.1, -0.05) is 6.92 Å². The molecule has 0 amide bonds. The minimum atomic E-state index is 0.758. The summed E-state index contributed by atoms with van der Waals surface area (Å²) < 4.78 is 7.46. The number of imidazole rings is 1. The Morgan fingerprint density at radius 1 is 1.47 bits per heavy atom. The molecule has 0 radical (unpaired) electrons. The number of hydrogen-bond donors (Lipinski definition) is 1. The number of rotatable bonds is 8. The Kier molecular flexibility index (Phi) is 6.04. The molecule has 4 nitrogen and oxygen atoms in total. The maximum absolute atomic E-state index is 5.32. The number of ether oxygens (including phenoxy) is 1. The van der Waals surface area contributed by atoms with E-state index in [0.717, 1.165) is 39.3 Å². The third kappa shape index (κ3) is 4.44. The second-order valence-corrected chi connectivity index (χ2v) is 3.45. The minimum absolute atomic E-state index is 0.758. The van der Waals surface area contributed by atoms with Crippen molar-refractivity contribution in [3.8, 4) is 0 Å². The van der Waals surface area contributed by atoms with Gasteiger partial charge in [-0.05, 0) is 19.9 Å². The lowest BCUT2D eigenvalue weighted by molar-refractivity contribution is 0.138. The van der Waals surface area contributed by atoms with E-state index in [4.69, 9.17) is 4.74 Å². The van der Waals surface area contributed by atoms with Gasteiger partial charge in [0.15, 0.2) is 0 Å². The van der Waals surface area contributed by atoms with Gasteiger partial charge in [0.1, 0.15) is 0 Å². The fourth-order valence-electron chi connectivity index (χ4n) is 1.40. The number of hydrogen-bond acceptors (Lipinski definition) is 3. The highest BCUT2D eigenvalue weighted by Gasteiger charge is 2.00. The number of nitrogens with one attached hydrogen (secondary N) is 1. The second-order valence-electron chi connectivity index (χ2n) is 3.45. The van der Waals surface area contributed by atoms with E-state index in [0.29, 0.717) is 0 Å². The molecular formula is C11H21N3O. The first kappa shape index (κ1) is 12.2. The fourth-order valence-corrected chi connectivity index (χ4v) is 1.40. The van der Waals surface area contributed by atoms with Gasteiger partial charge < -0.3 is 14.6 Å². The first-order valence-corrected chi connectivity index (χ1v) is 5.66. The standard InChI is InChI=1S/C11H21N3O/c1-3-5-12-8-11-9-13-10-14(11)6-7-15-4-2/h9-10,12H,3-8H2,1-2H3. The molecule has 1 aromatic heterocycles. The van der Waals surface area contributed by atoms with Gasteiger partial charge >= 0.3 is 0 Å². The van der Waals surface area contributed by atoms with Gasteiger partial charge in [0.05, 0.1) is 18.6 Å². The fraction of sp³-hybridized carbons (Fsp3) is 0.727. The Hall–Kier alpha value is -0.870. The lowest BCUT2D eigenvalue weighted by Crippen LogP contribution is -2.17. The van der Waals surface area contributed by atoms with E-state index in [1.165, 1.54) is 5.69 Å². The van der Waals surface area contributed by atoms with E-state index in [-0.39, 0.29) is 0 Å². The van der Waals surface area contributed by atoms with E-state index >= 15 is 0 Å². The first-order valence-electron chi connectivity index (χ1n) is 5.66. The van der Waals surface area contributed by atoms with E-state index in [1.807, 2.05) is 19.4 Å². The van der Waals surface area contributed by atoms with Crippen molar-refractivity contribution < 1.29 is 4.74 Å². The molecule has 0 aliphatic heterocycles. The Balaban J connectivity index is 2.32. The third-order valence-electron chi connectivity index (χ3n) is 2.21. The molecule has 1 aromatic rings. The Labute approximate surface area is 91.7 Å². The molecule has 0 atom stereocenters. The van der Waals surface area contributed by atoms with Gasteiger partial charge in [0, 0.05) is 25.9 Å². The van der Waals surface area contributed by atoms with Crippen molar-refractivity contribution >= 4 is 0 Å². The summed E-state index contributed by atoms with van der Waals surface area (Å²) in [6.07, 6.45) is 4.93. The molecule has 0 aromatic carbocycles. The van der Waals surface area contributed by atoms with Crippen molar-refractivity contribution in [2.45, 2.75) is 33.4 Å². The van der Waals surface area contributed by atoms with Crippen LogP contribution in [0.4, 0.5) is 0 Å². The summed E-state index contributed by atoms with van der Waals surface area (Å²) in [6.45, 7) is 8.54. The van der Waals surface area contributed by atoms with Crippen LogP contribution in [0.1, 0.15) is 26.0 Å². The SMILES string of the molecule is CCCNCc1cncn1CCOCC. The molecule has 0 saturated heterocycles. The van der Waals surface area contributed by atoms with Crippen molar-refractivity contribution in [1.82, 2.24) is 14.9 Å². The van der Waals surface area contributed by atoms with Crippen molar-refractivity contribution in [3.63, 3.8) is 0 Å². The predicted octanol–water partition coefficient (Wildman–Crippen LogP) is 1.42. The van der Waals surface area contributed by atoms with Crippen LogP contribution in [-0.4, -0.2) is 29.3 Å². The Morgan fingerprint density at radius 2 is 2.33 bits per heavy atom. The molecule has 0 aliphatic rings. The van der Waals surface area contributed by atoms with Gasteiger partial charge in [-0.15, -0.1) is 0 Å². The maximum atomic E-state index is 5.32. The molecular weight excluding hydrogens is 190 g/mol. The molecule has 4 heteroatoms. The van der Waals surface area contributed by atoms with E-state index < -0.39 is 0 Å². The van der Waals surface area contributed by atoms with Crippen molar-refractivity contribution in [2.75, 3.05) is 19.8 Å².